The van der Waals surface area contributed by atoms with Crippen molar-refractivity contribution in [1.29, 1.82) is 0 Å². The molecule has 0 radical (unpaired) electrons. The van der Waals surface area contributed by atoms with Gasteiger partial charge in [0.25, 0.3) is 0 Å². The van der Waals surface area contributed by atoms with Crippen molar-refractivity contribution < 1.29 is 22.7 Å². The number of amides is 1. The van der Waals surface area contributed by atoms with Crippen molar-refractivity contribution in [2.75, 3.05) is 6.61 Å². The highest BCUT2D eigenvalue weighted by atomic mass is 32.1. The first kappa shape index (κ1) is 18.9. The van der Waals surface area contributed by atoms with Crippen LogP contribution in [0.4, 0.5) is 13.2 Å². The number of aromatic amines is 1. The van der Waals surface area contributed by atoms with E-state index in [2.05, 4.69) is 10.3 Å². The van der Waals surface area contributed by atoms with Crippen LogP contribution in [0.1, 0.15) is 35.7 Å². The molecule has 4 rings (SSSR count). The molecule has 1 fully saturated rings. The lowest BCUT2D eigenvalue weighted by atomic mass is 10.1. The Morgan fingerprint density at radius 1 is 1.32 bits per heavy atom. The molecule has 1 saturated carbocycles. The normalized spacial score (nSPS) is 20.1. The Labute approximate surface area is 163 Å². The molecule has 0 aliphatic heterocycles. The highest BCUT2D eigenvalue weighted by Gasteiger charge is 2.45. The molecule has 28 heavy (non-hydrogen) atoms. The fraction of sp³-hybridized carbons (Fsp3) is 0.350. The Morgan fingerprint density at radius 2 is 2.11 bits per heavy atom. The lowest BCUT2D eigenvalue weighted by Gasteiger charge is -2.12. The molecule has 1 unspecified atom stereocenters. The molecule has 0 bridgehead atoms. The average molecular weight is 408 g/mol. The van der Waals surface area contributed by atoms with Crippen LogP contribution < -0.4 is 10.1 Å². The molecule has 1 aliphatic rings. The number of hydrogen-bond donors (Lipinski definition) is 2. The molecular formula is C20H19F3N2O2S. The van der Waals surface area contributed by atoms with Crippen molar-refractivity contribution in [3.05, 3.63) is 53.0 Å². The number of carbonyl (C=O) groups excluding carboxylic acids is 1. The molecule has 1 aromatic carbocycles. The number of alkyl halides is 3. The third-order valence-electron chi connectivity index (χ3n) is 4.91. The molecule has 2 N–H and O–H groups in total. The van der Waals surface area contributed by atoms with Crippen molar-refractivity contribution in [3.8, 4) is 5.06 Å². The van der Waals surface area contributed by atoms with Gasteiger partial charge in [0.15, 0.2) is 11.7 Å². The van der Waals surface area contributed by atoms with Crippen LogP contribution in [0.5, 0.6) is 5.06 Å². The Morgan fingerprint density at radius 3 is 2.89 bits per heavy atom. The number of hydrogen-bond acceptors (Lipinski definition) is 3. The zero-order chi connectivity index (χ0) is 19.9. The van der Waals surface area contributed by atoms with Gasteiger partial charge in [-0.15, -0.1) is 11.3 Å². The summed E-state index contributed by atoms with van der Waals surface area (Å²) >= 11 is 1.11. The Hall–Kier alpha value is -2.48. The lowest BCUT2D eigenvalue weighted by Crippen LogP contribution is -2.27. The first-order valence-electron chi connectivity index (χ1n) is 8.97. The first-order chi connectivity index (χ1) is 13.3. The summed E-state index contributed by atoms with van der Waals surface area (Å²) in [6.07, 6.45) is -1.60. The SMILES string of the molecule is CC(NC(=O)[C@H]1C[C@@H]1c1c[nH]c2ccccc12)c1ccc(OCC(F)(F)F)s1. The van der Waals surface area contributed by atoms with Crippen LogP contribution in [0.2, 0.25) is 0 Å². The predicted molar refractivity (Wildman–Crippen MR) is 102 cm³/mol. The predicted octanol–water partition coefficient (Wildman–Crippen LogP) is 5.15. The number of benzene rings is 1. The van der Waals surface area contributed by atoms with Gasteiger partial charge in [0, 0.05) is 27.9 Å². The highest BCUT2D eigenvalue weighted by Crippen LogP contribution is 2.50. The maximum atomic E-state index is 12.6. The van der Waals surface area contributed by atoms with Crippen molar-refractivity contribution in [3.63, 3.8) is 0 Å². The van der Waals surface area contributed by atoms with E-state index in [0.717, 1.165) is 39.1 Å². The summed E-state index contributed by atoms with van der Waals surface area (Å²) in [6.45, 7) is 0.502. The van der Waals surface area contributed by atoms with Gasteiger partial charge in [-0.2, -0.15) is 13.2 Å². The lowest BCUT2D eigenvalue weighted by molar-refractivity contribution is -0.152. The van der Waals surface area contributed by atoms with Crippen LogP contribution in [0, 0.1) is 5.92 Å². The van der Waals surface area contributed by atoms with E-state index in [4.69, 9.17) is 4.74 Å². The van der Waals surface area contributed by atoms with Crippen LogP contribution >= 0.6 is 11.3 Å². The maximum Gasteiger partial charge on any atom is 0.422 e. The van der Waals surface area contributed by atoms with Gasteiger partial charge in [0.2, 0.25) is 5.91 Å². The number of para-hydroxylation sites is 1. The molecule has 3 atom stereocenters. The van der Waals surface area contributed by atoms with Crippen LogP contribution in [0.3, 0.4) is 0 Å². The first-order valence-corrected chi connectivity index (χ1v) is 9.79. The number of rotatable bonds is 6. The Kier molecular flexibility index (Phi) is 4.82. The number of thiophene rings is 1. The van der Waals surface area contributed by atoms with E-state index in [9.17, 15) is 18.0 Å². The fourth-order valence-electron chi connectivity index (χ4n) is 3.42. The van der Waals surface area contributed by atoms with Crippen molar-refractivity contribution >= 4 is 28.1 Å². The highest BCUT2D eigenvalue weighted by molar-refractivity contribution is 7.13. The van der Waals surface area contributed by atoms with E-state index < -0.39 is 12.8 Å². The number of H-pyrrole nitrogens is 1. The molecule has 1 amide bonds. The van der Waals surface area contributed by atoms with Crippen molar-refractivity contribution in [2.45, 2.75) is 31.5 Å². The number of carbonyl (C=O) groups is 1. The van der Waals surface area contributed by atoms with Gasteiger partial charge in [-0.05, 0) is 43.0 Å². The van der Waals surface area contributed by atoms with E-state index in [1.165, 1.54) is 6.07 Å². The minimum atomic E-state index is -4.37. The second-order valence-corrected chi connectivity index (χ2v) is 8.11. The maximum absolute atomic E-state index is 12.6. The molecular weight excluding hydrogens is 389 g/mol. The number of aromatic nitrogens is 1. The second kappa shape index (κ2) is 7.16. The summed E-state index contributed by atoms with van der Waals surface area (Å²) in [5.74, 6) is 0.0777. The third kappa shape index (κ3) is 4.01. The summed E-state index contributed by atoms with van der Waals surface area (Å²) < 4.78 is 41.5. The van der Waals surface area contributed by atoms with E-state index in [-0.39, 0.29) is 28.8 Å². The summed E-state index contributed by atoms with van der Waals surface area (Å²) in [5, 5.41) is 4.30. The molecule has 0 saturated heterocycles. The van der Waals surface area contributed by atoms with E-state index in [0.29, 0.717) is 0 Å². The molecule has 4 nitrogen and oxygen atoms in total. The number of nitrogens with one attached hydrogen (secondary N) is 2. The number of ether oxygens (including phenoxy) is 1. The van der Waals surface area contributed by atoms with E-state index in [1.807, 2.05) is 37.4 Å². The monoisotopic (exact) mass is 408 g/mol. The largest absolute Gasteiger partial charge is 0.475 e. The van der Waals surface area contributed by atoms with Gasteiger partial charge in [-0.3, -0.25) is 4.79 Å². The standard InChI is InChI=1S/C20H19F3N2O2S/c1-11(17-6-7-18(28-17)27-10-20(21,22)23)25-19(26)14-8-13(14)15-9-24-16-5-3-2-4-12(15)16/h2-7,9,11,13-14,24H,8,10H2,1H3,(H,25,26)/t11?,13-,14-/m0/s1. The van der Waals surface area contributed by atoms with Crippen molar-refractivity contribution in [1.82, 2.24) is 10.3 Å². The zero-order valence-corrected chi connectivity index (χ0v) is 15.9. The van der Waals surface area contributed by atoms with Crippen LogP contribution in [-0.4, -0.2) is 23.7 Å². The Bertz CT molecular complexity index is 995. The van der Waals surface area contributed by atoms with E-state index in [1.54, 1.807) is 6.07 Å². The molecule has 148 valence electrons. The fourth-order valence-corrected chi connectivity index (χ4v) is 4.28. The minimum Gasteiger partial charge on any atom is -0.475 e. The zero-order valence-electron chi connectivity index (χ0n) is 15.0. The molecule has 1 aliphatic carbocycles. The van der Waals surface area contributed by atoms with Gasteiger partial charge >= 0.3 is 6.18 Å². The van der Waals surface area contributed by atoms with Crippen LogP contribution in [-0.2, 0) is 4.79 Å². The summed E-state index contributed by atoms with van der Waals surface area (Å²) in [4.78, 5) is 16.6. The van der Waals surface area contributed by atoms with Gasteiger partial charge < -0.3 is 15.0 Å². The molecule has 8 heteroatoms. The molecule has 2 aromatic heterocycles. The number of fused-ring (bicyclic) bond motifs is 1. The van der Waals surface area contributed by atoms with Crippen LogP contribution in [0.25, 0.3) is 10.9 Å². The van der Waals surface area contributed by atoms with Gasteiger partial charge in [0.05, 0.1) is 6.04 Å². The average Bonchev–Trinajstić information content (AvgIpc) is 3.11. The molecule has 3 aromatic rings. The summed E-state index contributed by atoms with van der Waals surface area (Å²) in [6, 6.07) is 10.9. The summed E-state index contributed by atoms with van der Waals surface area (Å²) in [7, 11) is 0. The smallest absolute Gasteiger partial charge is 0.422 e. The summed E-state index contributed by atoms with van der Waals surface area (Å²) in [5.41, 5.74) is 2.21. The van der Waals surface area contributed by atoms with Crippen LogP contribution in [0.15, 0.2) is 42.6 Å². The molecule has 0 spiro atoms. The topological polar surface area (TPSA) is 54.1 Å². The van der Waals surface area contributed by atoms with E-state index >= 15 is 0 Å². The third-order valence-corrected chi connectivity index (χ3v) is 6.09. The molecule has 2 heterocycles. The quantitative estimate of drug-likeness (QED) is 0.593. The Balaban J connectivity index is 1.35. The minimum absolute atomic E-state index is 0.0334. The van der Waals surface area contributed by atoms with Gasteiger partial charge in [-0.25, -0.2) is 0 Å². The van der Waals surface area contributed by atoms with Gasteiger partial charge in [-0.1, -0.05) is 18.2 Å². The van der Waals surface area contributed by atoms with Gasteiger partial charge in [0.1, 0.15) is 0 Å². The second-order valence-electron chi connectivity index (χ2n) is 7.03. The number of halogens is 3. The van der Waals surface area contributed by atoms with Crippen molar-refractivity contribution in [2.24, 2.45) is 5.92 Å².